The summed E-state index contributed by atoms with van der Waals surface area (Å²) in [7, 11) is -4.21. The van der Waals surface area contributed by atoms with Crippen LogP contribution in [-0.4, -0.2) is 33.4 Å². The Morgan fingerprint density at radius 3 is 2.44 bits per heavy atom. The Bertz CT molecular complexity index is 960. The molecular formula is C18H19FN2O5S. The minimum Gasteiger partial charge on any atom is -0.455 e. The Balaban J connectivity index is 1.83. The van der Waals surface area contributed by atoms with Gasteiger partial charge >= 0.3 is 5.97 Å². The number of anilines is 1. The Hall–Kier alpha value is -2.78. The van der Waals surface area contributed by atoms with Crippen molar-refractivity contribution in [2.75, 3.05) is 18.5 Å². The molecule has 1 amide bonds. The van der Waals surface area contributed by atoms with Crippen molar-refractivity contribution in [1.29, 1.82) is 0 Å². The van der Waals surface area contributed by atoms with Crippen LogP contribution in [0.1, 0.15) is 11.1 Å². The number of aryl methyl sites for hydroxylation is 2. The van der Waals surface area contributed by atoms with Gasteiger partial charge in [-0.3, -0.25) is 9.59 Å². The molecule has 0 saturated heterocycles. The Morgan fingerprint density at radius 1 is 1.07 bits per heavy atom. The van der Waals surface area contributed by atoms with Crippen LogP contribution in [0.15, 0.2) is 47.4 Å². The average Bonchev–Trinajstić information content (AvgIpc) is 2.61. The van der Waals surface area contributed by atoms with Gasteiger partial charge in [0.2, 0.25) is 10.0 Å². The molecule has 7 nitrogen and oxygen atoms in total. The molecule has 2 N–H and O–H groups in total. The third-order valence-electron chi connectivity index (χ3n) is 3.69. The van der Waals surface area contributed by atoms with Crippen molar-refractivity contribution < 1.29 is 27.1 Å². The van der Waals surface area contributed by atoms with Crippen molar-refractivity contribution in [1.82, 2.24) is 4.72 Å². The summed E-state index contributed by atoms with van der Waals surface area (Å²) in [5.74, 6) is -2.47. The number of benzene rings is 2. The normalized spacial score (nSPS) is 11.1. The molecule has 0 radical (unpaired) electrons. The van der Waals surface area contributed by atoms with E-state index in [1.807, 2.05) is 24.6 Å². The zero-order valence-electron chi connectivity index (χ0n) is 14.8. The summed E-state index contributed by atoms with van der Waals surface area (Å²) in [6, 6.07) is 10.1. The molecule has 0 aromatic heterocycles. The van der Waals surface area contributed by atoms with Crippen LogP contribution in [0.3, 0.4) is 0 Å². The number of sulfonamides is 1. The second-order valence-corrected chi connectivity index (χ2v) is 7.50. The lowest BCUT2D eigenvalue weighted by atomic mass is 10.1. The Morgan fingerprint density at radius 2 is 1.78 bits per heavy atom. The first kappa shape index (κ1) is 20.5. The number of halogens is 1. The standard InChI is InChI=1S/C18H19FN2O5S/c1-12-7-8-14(9-13(12)2)21-17(22)11-26-18(23)10-20-27(24,25)16-6-4-3-5-15(16)19/h3-9,20H,10-11H2,1-2H3,(H,21,22). The van der Waals surface area contributed by atoms with Crippen LogP contribution in [0.25, 0.3) is 0 Å². The monoisotopic (exact) mass is 394 g/mol. The first-order chi connectivity index (χ1) is 12.7. The van der Waals surface area contributed by atoms with Gasteiger partial charge in [0.05, 0.1) is 0 Å². The number of carbonyl (C=O) groups is 2. The molecule has 2 aromatic carbocycles. The SMILES string of the molecule is Cc1ccc(NC(=O)COC(=O)CNS(=O)(=O)c2ccccc2F)cc1C. The van der Waals surface area contributed by atoms with Crippen LogP contribution < -0.4 is 10.0 Å². The van der Waals surface area contributed by atoms with Crippen LogP contribution in [0.2, 0.25) is 0 Å². The summed E-state index contributed by atoms with van der Waals surface area (Å²) in [6.45, 7) is 2.53. The van der Waals surface area contributed by atoms with Crippen molar-refractivity contribution in [2.45, 2.75) is 18.7 Å². The molecule has 0 aliphatic carbocycles. The van der Waals surface area contributed by atoms with Crippen molar-refractivity contribution in [2.24, 2.45) is 0 Å². The van der Waals surface area contributed by atoms with Gasteiger partial charge in [0.15, 0.2) is 6.61 Å². The summed E-state index contributed by atoms with van der Waals surface area (Å²) in [6.07, 6.45) is 0. The van der Waals surface area contributed by atoms with Crippen LogP contribution in [0.4, 0.5) is 10.1 Å². The molecule has 0 saturated carbocycles. The first-order valence-electron chi connectivity index (χ1n) is 7.96. The van der Waals surface area contributed by atoms with Gasteiger partial charge in [-0.15, -0.1) is 0 Å². The van der Waals surface area contributed by atoms with E-state index in [9.17, 15) is 22.4 Å². The molecule has 2 aromatic rings. The maximum atomic E-state index is 13.5. The number of nitrogens with one attached hydrogen (secondary N) is 2. The zero-order chi connectivity index (χ0) is 20.0. The molecule has 0 heterocycles. The molecule has 0 bridgehead atoms. The summed E-state index contributed by atoms with van der Waals surface area (Å²) in [5, 5.41) is 2.57. The first-order valence-corrected chi connectivity index (χ1v) is 9.44. The van der Waals surface area contributed by atoms with Gasteiger partial charge in [0, 0.05) is 5.69 Å². The summed E-state index contributed by atoms with van der Waals surface area (Å²) >= 11 is 0. The smallest absolute Gasteiger partial charge is 0.321 e. The van der Waals surface area contributed by atoms with E-state index < -0.39 is 45.8 Å². The fourth-order valence-electron chi connectivity index (χ4n) is 2.11. The quantitative estimate of drug-likeness (QED) is 0.699. The number of ether oxygens (including phenoxy) is 1. The fraction of sp³-hybridized carbons (Fsp3) is 0.222. The molecule has 0 aliphatic rings. The van der Waals surface area contributed by atoms with Crippen LogP contribution in [0, 0.1) is 19.7 Å². The van der Waals surface area contributed by atoms with Crippen molar-refractivity contribution >= 4 is 27.6 Å². The minimum absolute atomic E-state index is 0.555. The van der Waals surface area contributed by atoms with Gasteiger partial charge < -0.3 is 10.1 Å². The highest BCUT2D eigenvalue weighted by molar-refractivity contribution is 7.89. The molecule has 0 spiro atoms. The molecule has 0 unspecified atom stereocenters. The van der Waals surface area contributed by atoms with Crippen LogP contribution >= 0.6 is 0 Å². The second kappa shape index (κ2) is 8.74. The van der Waals surface area contributed by atoms with E-state index in [4.69, 9.17) is 4.74 Å². The molecule has 0 atom stereocenters. The molecule has 0 fully saturated rings. The predicted octanol–water partition coefficient (Wildman–Crippen LogP) is 1.90. The number of amides is 1. The second-order valence-electron chi connectivity index (χ2n) is 5.76. The lowest BCUT2D eigenvalue weighted by molar-refractivity contribution is -0.146. The largest absolute Gasteiger partial charge is 0.455 e. The van der Waals surface area contributed by atoms with Crippen molar-refractivity contribution in [3.05, 3.63) is 59.4 Å². The van der Waals surface area contributed by atoms with Gasteiger partial charge in [0.1, 0.15) is 17.3 Å². The van der Waals surface area contributed by atoms with E-state index in [2.05, 4.69) is 5.32 Å². The highest BCUT2D eigenvalue weighted by atomic mass is 32.2. The van der Waals surface area contributed by atoms with E-state index in [1.165, 1.54) is 12.1 Å². The van der Waals surface area contributed by atoms with E-state index in [0.717, 1.165) is 23.3 Å². The molecule has 9 heteroatoms. The average molecular weight is 394 g/mol. The molecule has 2 rings (SSSR count). The summed E-state index contributed by atoms with van der Waals surface area (Å²) in [4.78, 5) is 22.9. The number of hydrogen-bond donors (Lipinski definition) is 2. The van der Waals surface area contributed by atoms with E-state index in [1.54, 1.807) is 12.1 Å². The van der Waals surface area contributed by atoms with Gasteiger partial charge in [0.25, 0.3) is 5.91 Å². The lowest BCUT2D eigenvalue weighted by Crippen LogP contribution is -2.32. The third kappa shape index (κ3) is 5.87. The van der Waals surface area contributed by atoms with E-state index >= 15 is 0 Å². The fourth-order valence-corrected chi connectivity index (χ4v) is 3.15. The number of rotatable bonds is 7. The lowest BCUT2D eigenvalue weighted by Gasteiger charge is -2.09. The van der Waals surface area contributed by atoms with Gasteiger partial charge in [-0.1, -0.05) is 18.2 Å². The third-order valence-corrected chi connectivity index (χ3v) is 5.12. The van der Waals surface area contributed by atoms with Gasteiger partial charge in [-0.25, -0.2) is 12.8 Å². The van der Waals surface area contributed by atoms with Crippen LogP contribution in [0.5, 0.6) is 0 Å². The topological polar surface area (TPSA) is 102 Å². The minimum atomic E-state index is -4.21. The molecule has 144 valence electrons. The molecular weight excluding hydrogens is 375 g/mol. The van der Waals surface area contributed by atoms with Gasteiger partial charge in [-0.2, -0.15) is 4.72 Å². The van der Waals surface area contributed by atoms with E-state index in [-0.39, 0.29) is 0 Å². The van der Waals surface area contributed by atoms with Crippen molar-refractivity contribution in [3.8, 4) is 0 Å². The Labute approximate surface area is 156 Å². The summed E-state index contributed by atoms with van der Waals surface area (Å²) in [5.41, 5.74) is 2.62. The zero-order valence-corrected chi connectivity index (χ0v) is 15.6. The van der Waals surface area contributed by atoms with Crippen LogP contribution in [-0.2, 0) is 24.3 Å². The van der Waals surface area contributed by atoms with Gasteiger partial charge in [-0.05, 0) is 49.2 Å². The Kier molecular flexibility index (Phi) is 6.65. The number of carbonyl (C=O) groups excluding carboxylic acids is 2. The van der Waals surface area contributed by atoms with E-state index in [0.29, 0.717) is 5.69 Å². The molecule has 27 heavy (non-hydrogen) atoms. The number of esters is 1. The maximum absolute atomic E-state index is 13.5. The summed E-state index contributed by atoms with van der Waals surface area (Å²) < 4.78 is 44.1. The predicted molar refractivity (Wildman–Crippen MR) is 97.1 cm³/mol. The maximum Gasteiger partial charge on any atom is 0.321 e. The highest BCUT2D eigenvalue weighted by Crippen LogP contribution is 2.14. The van der Waals surface area contributed by atoms with Crippen molar-refractivity contribution in [3.63, 3.8) is 0 Å². The highest BCUT2D eigenvalue weighted by Gasteiger charge is 2.20. The molecule has 0 aliphatic heterocycles. The number of hydrogen-bond acceptors (Lipinski definition) is 5.